The zero-order chi connectivity index (χ0) is 15.1. The summed E-state index contributed by atoms with van der Waals surface area (Å²) in [4.78, 5) is 26.0. The molecule has 0 spiro atoms. The number of hydrogen-bond donors (Lipinski definition) is 1. The summed E-state index contributed by atoms with van der Waals surface area (Å²) in [5, 5.41) is 3.28. The first-order valence-electron chi connectivity index (χ1n) is 6.26. The number of anilines is 1. The summed E-state index contributed by atoms with van der Waals surface area (Å²) in [5.74, 6) is -0.295. The summed E-state index contributed by atoms with van der Waals surface area (Å²) >= 11 is 9.39. The first kappa shape index (κ1) is 15.3. The summed E-state index contributed by atoms with van der Waals surface area (Å²) in [5.41, 5.74) is 0.266. The van der Waals surface area contributed by atoms with E-state index in [0.717, 1.165) is 4.47 Å². The predicted octanol–water partition coefficient (Wildman–Crippen LogP) is 2.98. The largest absolute Gasteiger partial charge is 0.342 e. The smallest absolute Gasteiger partial charge is 0.250 e. The molecule has 2 rings (SSSR count). The van der Waals surface area contributed by atoms with Crippen molar-refractivity contribution in [2.24, 2.45) is 5.41 Å². The number of amides is 2. The van der Waals surface area contributed by atoms with Crippen molar-refractivity contribution >= 4 is 45.0 Å². The highest BCUT2D eigenvalue weighted by molar-refractivity contribution is 9.10. The summed E-state index contributed by atoms with van der Waals surface area (Å²) < 4.78 is 0.734. The fourth-order valence-electron chi connectivity index (χ4n) is 2.13. The number of carbonyl (C=O) groups is 2. The maximum absolute atomic E-state index is 12.6. The van der Waals surface area contributed by atoms with E-state index in [0.29, 0.717) is 10.7 Å². The van der Waals surface area contributed by atoms with Crippen LogP contribution in [-0.2, 0) is 9.59 Å². The van der Waals surface area contributed by atoms with Crippen molar-refractivity contribution in [3.05, 3.63) is 27.7 Å². The van der Waals surface area contributed by atoms with Gasteiger partial charge in [-0.15, -0.1) is 0 Å². The minimum absolute atomic E-state index is 0.00432. The highest BCUT2D eigenvalue weighted by Gasteiger charge is 2.40. The predicted molar refractivity (Wildman–Crippen MR) is 82.9 cm³/mol. The van der Waals surface area contributed by atoms with Gasteiger partial charge in [0.05, 0.1) is 5.69 Å². The Labute approximate surface area is 131 Å². The lowest BCUT2D eigenvalue weighted by atomic mass is 9.84. The third kappa shape index (κ3) is 2.99. The van der Waals surface area contributed by atoms with E-state index in [-0.39, 0.29) is 23.8 Å². The number of benzene rings is 1. The van der Waals surface area contributed by atoms with Gasteiger partial charge >= 0.3 is 0 Å². The van der Waals surface area contributed by atoms with E-state index in [9.17, 15) is 9.59 Å². The maximum Gasteiger partial charge on any atom is 0.250 e. The Bertz CT molecular complexity index is 569. The molecule has 108 valence electrons. The second kappa shape index (κ2) is 5.37. The van der Waals surface area contributed by atoms with Gasteiger partial charge in [-0.25, -0.2) is 0 Å². The average molecular weight is 360 g/mol. The van der Waals surface area contributed by atoms with Crippen LogP contribution in [0.5, 0.6) is 0 Å². The molecular formula is C14H16BrClN2O2. The van der Waals surface area contributed by atoms with Crippen molar-refractivity contribution < 1.29 is 9.59 Å². The summed E-state index contributed by atoms with van der Waals surface area (Å²) in [6.07, 6.45) is 0. The topological polar surface area (TPSA) is 49.4 Å². The van der Waals surface area contributed by atoms with E-state index >= 15 is 0 Å². The van der Waals surface area contributed by atoms with Crippen LogP contribution in [-0.4, -0.2) is 24.4 Å². The molecule has 20 heavy (non-hydrogen) atoms. The molecule has 1 fully saturated rings. The van der Waals surface area contributed by atoms with Gasteiger partial charge in [-0.1, -0.05) is 32.4 Å². The molecule has 1 N–H and O–H groups in total. The second-order valence-corrected chi connectivity index (χ2v) is 7.18. The van der Waals surface area contributed by atoms with Crippen molar-refractivity contribution in [1.29, 1.82) is 0 Å². The molecule has 1 heterocycles. The Kier molecular flexibility index (Phi) is 4.12. The lowest BCUT2D eigenvalue weighted by molar-refractivity contribution is -0.133. The van der Waals surface area contributed by atoms with Gasteiger partial charge in [0.25, 0.3) is 5.91 Å². The number of piperazine rings is 1. The SMILES string of the molecule is CC(C)(C)C1NC(=O)CN(c2cc(Cl)ccc2Br)C1=O. The number of halogens is 2. The second-order valence-electron chi connectivity index (χ2n) is 5.89. The van der Waals surface area contributed by atoms with Crippen LogP contribution in [0, 0.1) is 5.41 Å². The first-order valence-corrected chi connectivity index (χ1v) is 7.43. The third-order valence-corrected chi connectivity index (χ3v) is 4.09. The van der Waals surface area contributed by atoms with E-state index in [4.69, 9.17) is 11.6 Å². The highest BCUT2D eigenvalue weighted by Crippen LogP contribution is 2.32. The van der Waals surface area contributed by atoms with Crippen LogP contribution in [0.2, 0.25) is 5.02 Å². The van der Waals surface area contributed by atoms with Gasteiger partial charge in [0, 0.05) is 9.50 Å². The zero-order valence-electron chi connectivity index (χ0n) is 11.5. The molecule has 1 aromatic rings. The molecule has 4 nitrogen and oxygen atoms in total. The van der Waals surface area contributed by atoms with Gasteiger partial charge in [0.2, 0.25) is 5.91 Å². The quantitative estimate of drug-likeness (QED) is 0.838. The molecule has 1 aliphatic rings. The van der Waals surface area contributed by atoms with Gasteiger partial charge in [0.1, 0.15) is 12.6 Å². The van der Waals surface area contributed by atoms with E-state index in [1.165, 1.54) is 4.90 Å². The summed E-state index contributed by atoms with van der Waals surface area (Å²) in [6, 6.07) is 4.63. The highest BCUT2D eigenvalue weighted by atomic mass is 79.9. The molecule has 0 radical (unpaired) electrons. The normalized spacial score (nSPS) is 20.1. The van der Waals surface area contributed by atoms with Crippen molar-refractivity contribution in [3.63, 3.8) is 0 Å². The Morgan fingerprint density at radius 3 is 2.60 bits per heavy atom. The molecule has 0 aliphatic carbocycles. The van der Waals surface area contributed by atoms with Gasteiger partial charge < -0.3 is 10.2 Å². The van der Waals surface area contributed by atoms with Gasteiger partial charge in [-0.05, 0) is 39.5 Å². The Morgan fingerprint density at radius 1 is 1.35 bits per heavy atom. The number of nitrogens with one attached hydrogen (secondary N) is 1. The molecule has 1 atom stereocenters. The van der Waals surface area contributed by atoms with Crippen LogP contribution in [0.1, 0.15) is 20.8 Å². The Morgan fingerprint density at radius 2 is 2.00 bits per heavy atom. The zero-order valence-corrected chi connectivity index (χ0v) is 13.9. The van der Waals surface area contributed by atoms with Crippen molar-refractivity contribution in [3.8, 4) is 0 Å². The molecular weight excluding hydrogens is 344 g/mol. The third-order valence-electron chi connectivity index (χ3n) is 3.19. The van der Waals surface area contributed by atoms with Gasteiger partial charge in [0.15, 0.2) is 0 Å². The first-order chi connectivity index (χ1) is 9.20. The van der Waals surface area contributed by atoms with Gasteiger partial charge in [-0.3, -0.25) is 9.59 Å². The number of hydrogen-bond acceptors (Lipinski definition) is 2. The van der Waals surface area contributed by atoms with Crippen LogP contribution >= 0.6 is 27.5 Å². The molecule has 0 saturated carbocycles. The molecule has 1 unspecified atom stereocenters. The Balaban J connectivity index is 2.43. The molecule has 1 aliphatic heterocycles. The van der Waals surface area contributed by atoms with Crippen molar-refractivity contribution in [1.82, 2.24) is 5.32 Å². The minimum Gasteiger partial charge on any atom is -0.342 e. The summed E-state index contributed by atoms with van der Waals surface area (Å²) in [7, 11) is 0. The fraction of sp³-hybridized carbons (Fsp3) is 0.429. The molecule has 0 bridgehead atoms. The van der Waals surface area contributed by atoms with Crippen LogP contribution in [0.25, 0.3) is 0 Å². The van der Waals surface area contributed by atoms with Crippen molar-refractivity contribution in [2.75, 3.05) is 11.4 Å². The maximum atomic E-state index is 12.6. The minimum atomic E-state index is -0.547. The molecule has 2 amide bonds. The standard InChI is InChI=1S/C14H16BrClN2O2/c1-14(2,3)12-13(20)18(7-11(19)17-12)10-6-8(16)4-5-9(10)15/h4-6,12H,7H2,1-3H3,(H,17,19). The Hall–Kier alpha value is -1.07. The fourth-order valence-corrected chi connectivity index (χ4v) is 2.76. The summed E-state index contributed by atoms with van der Waals surface area (Å²) in [6.45, 7) is 5.77. The van der Waals surface area contributed by atoms with E-state index < -0.39 is 6.04 Å². The monoisotopic (exact) mass is 358 g/mol. The lowest BCUT2D eigenvalue weighted by Gasteiger charge is -2.39. The molecule has 1 aromatic carbocycles. The van der Waals surface area contributed by atoms with E-state index in [2.05, 4.69) is 21.2 Å². The van der Waals surface area contributed by atoms with E-state index in [1.807, 2.05) is 20.8 Å². The van der Waals surface area contributed by atoms with Crippen LogP contribution < -0.4 is 10.2 Å². The lowest BCUT2D eigenvalue weighted by Crippen LogP contribution is -2.62. The molecule has 6 heteroatoms. The molecule has 0 aromatic heterocycles. The number of nitrogens with zero attached hydrogens (tertiary/aromatic N) is 1. The average Bonchev–Trinajstić information content (AvgIpc) is 2.33. The number of carbonyl (C=O) groups excluding carboxylic acids is 2. The van der Waals surface area contributed by atoms with E-state index in [1.54, 1.807) is 18.2 Å². The number of rotatable bonds is 1. The molecule has 1 saturated heterocycles. The van der Waals surface area contributed by atoms with Crippen molar-refractivity contribution in [2.45, 2.75) is 26.8 Å². The van der Waals surface area contributed by atoms with Gasteiger partial charge in [-0.2, -0.15) is 0 Å². The van der Waals surface area contributed by atoms with Crippen LogP contribution in [0.3, 0.4) is 0 Å². The van der Waals surface area contributed by atoms with Crippen LogP contribution in [0.4, 0.5) is 5.69 Å². The van der Waals surface area contributed by atoms with Crippen LogP contribution in [0.15, 0.2) is 22.7 Å².